The summed E-state index contributed by atoms with van der Waals surface area (Å²) >= 11 is 0. The molecule has 1 unspecified atom stereocenters. The molecule has 1 heterocycles. The van der Waals surface area contributed by atoms with Crippen LogP contribution in [0.4, 0.5) is 0 Å². The molecule has 6 heteroatoms. The normalized spacial score (nSPS) is 30.3. The molecular formula is C7H16N2O3S. The molecule has 0 bridgehead atoms. The van der Waals surface area contributed by atoms with Crippen LogP contribution in [0.15, 0.2) is 0 Å². The van der Waals surface area contributed by atoms with E-state index in [9.17, 15) is 13.5 Å². The first-order valence-electron chi connectivity index (χ1n) is 4.29. The van der Waals surface area contributed by atoms with Crippen LogP contribution >= 0.6 is 0 Å². The van der Waals surface area contributed by atoms with Gasteiger partial charge in [-0.1, -0.05) is 0 Å². The Morgan fingerprint density at radius 3 is 2.77 bits per heavy atom. The Labute approximate surface area is 78.6 Å². The van der Waals surface area contributed by atoms with E-state index in [0.29, 0.717) is 13.0 Å². The molecule has 78 valence electrons. The van der Waals surface area contributed by atoms with Crippen LogP contribution in [0.3, 0.4) is 0 Å². The molecule has 1 fully saturated rings. The number of β-amino-alcohol motifs (C(OH)–C–C–N with tert-alkyl or cyclic N) is 1. The number of nitrogens with one attached hydrogen (secondary N) is 2. The van der Waals surface area contributed by atoms with Crippen molar-refractivity contribution in [2.75, 3.05) is 25.9 Å². The largest absolute Gasteiger partial charge is 0.387 e. The van der Waals surface area contributed by atoms with Crippen LogP contribution in [0.1, 0.15) is 12.8 Å². The zero-order chi connectivity index (χ0) is 9.95. The summed E-state index contributed by atoms with van der Waals surface area (Å²) < 4.78 is 23.9. The minimum absolute atomic E-state index is 0.0961. The Morgan fingerprint density at radius 1 is 1.62 bits per heavy atom. The first-order chi connectivity index (χ1) is 5.91. The number of aliphatic hydroxyl groups is 1. The van der Waals surface area contributed by atoms with Crippen LogP contribution in [0.25, 0.3) is 0 Å². The van der Waals surface area contributed by atoms with Gasteiger partial charge in [-0.25, -0.2) is 13.1 Å². The van der Waals surface area contributed by atoms with Gasteiger partial charge in [0, 0.05) is 13.1 Å². The van der Waals surface area contributed by atoms with Gasteiger partial charge < -0.3 is 10.4 Å². The number of hydrogen-bond acceptors (Lipinski definition) is 4. The number of sulfonamides is 1. The Balaban J connectivity index is 2.42. The lowest BCUT2D eigenvalue weighted by atomic mass is 9.95. The first-order valence-corrected chi connectivity index (χ1v) is 6.18. The SMILES string of the molecule is CS(=O)(=O)NCC1(O)CCCNC1. The van der Waals surface area contributed by atoms with E-state index in [1.54, 1.807) is 0 Å². The van der Waals surface area contributed by atoms with Crippen molar-refractivity contribution in [3.8, 4) is 0 Å². The standard InChI is InChI=1S/C7H16N2O3S/c1-13(11,12)9-6-7(10)3-2-4-8-5-7/h8-10H,2-6H2,1H3. The van der Waals surface area contributed by atoms with Crippen molar-refractivity contribution in [3.63, 3.8) is 0 Å². The average Bonchev–Trinajstić information content (AvgIpc) is 2.02. The van der Waals surface area contributed by atoms with Crippen molar-refractivity contribution >= 4 is 10.0 Å². The quantitative estimate of drug-likeness (QED) is 0.536. The maximum absolute atomic E-state index is 10.8. The molecule has 1 aliphatic rings. The number of hydrogen-bond donors (Lipinski definition) is 3. The molecule has 1 saturated heterocycles. The molecule has 5 nitrogen and oxygen atoms in total. The summed E-state index contributed by atoms with van der Waals surface area (Å²) in [5.74, 6) is 0. The van der Waals surface area contributed by atoms with E-state index in [2.05, 4.69) is 10.0 Å². The Morgan fingerprint density at radius 2 is 2.31 bits per heavy atom. The van der Waals surface area contributed by atoms with Crippen LogP contribution in [0.2, 0.25) is 0 Å². The molecule has 0 aromatic heterocycles. The summed E-state index contributed by atoms with van der Waals surface area (Å²) in [4.78, 5) is 0. The molecule has 3 N–H and O–H groups in total. The summed E-state index contributed by atoms with van der Waals surface area (Å²) in [5.41, 5.74) is -0.915. The second-order valence-electron chi connectivity index (χ2n) is 3.60. The molecule has 0 spiro atoms. The highest BCUT2D eigenvalue weighted by molar-refractivity contribution is 7.88. The van der Waals surface area contributed by atoms with Gasteiger partial charge in [-0.3, -0.25) is 0 Å². The lowest BCUT2D eigenvalue weighted by Gasteiger charge is -2.32. The van der Waals surface area contributed by atoms with Crippen molar-refractivity contribution in [2.45, 2.75) is 18.4 Å². The van der Waals surface area contributed by atoms with E-state index < -0.39 is 15.6 Å². The van der Waals surface area contributed by atoms with Gasteiger partial charge in [-0.05, 0) is 19.4 Å². The van der Waals surface area contributed by atoms with E-state index in [1.807, 2.05) is 0 Å². The van der Waals surface area contributed by atoms with Gasteiger partial charge in [0.1, 0.15) is 0 Å². The van der Waals surface area contributed by atoms with E-state index in [0.717, 1.165) is 19.2 Å². The second kappa shape index (κ2) is 3.91. The van der Waals surface area contributed by atoms with Crippen molar-refractivity contribution in [2.24, 2.45) is 0 Å². The van der Waals surface area contributed by atoms with Gasteiger partial charge in [0.25, 0.3) is 0 Å². The number of piperidine rings is 1. The van der Waals surface area contributed by atoms with Crippen LogP contribution < -0.4 is 10.0 Å². The molecule has 0 amide bonds. The topological polar surface area (TPSA) is 78.4 Å². The Bertz CT molecular complexity index is 257. The van der Waals surface area contributed by atoms with Gasteiger partial charge in [0.2, 0.25) is 10.0 Å². The van der Waals surface area contributed by atoms with Crippen LogP contribution in [-0.2, 0) is 10.0 Å². The second-order valence-corrected chi connectivity index (χ2v) is 5.43. The molecule has 0 saturated carbocycles. The third kappa shape index (κ3) is 4.04. The van der Waals surface area contributed by atoms with Crippen LogP contribution in [0, 0.1) is 0 Å². The summed E-state index contributed by atoms with van der Waals surface area (Å²) in [6, 6.07) is 0. The third-order valence-corrected chi connectivity index (χ3v) is 2.78. The van der Waals surface area contributed by atoms with Crippen molar-refractivity contribution in [1.29, 1.82) is 0 Å². The molecule has 0 aromatic rings. The van der Waals surface area contributed by atoms with E-state index in [-0.39, 0.29) is 6.54 Å². The summed E-state index contributed by atoms with van der Waals surface area (Å²) in [6.45, 7) is 1.44. The molecule has 0 aromatic carbocycles. The van der Waals surface area contributed by atoms with Gasteiger partial charge in [-0.15, -0.1) is 0 Å². The average molecular weight is 208 g/mol. The predicted molar refractivity (Wildman–Crippen MR) is 49.9 cm³/mol. The maximum atomic E-state index is 10.8. The molecule has 13 heavy (non-hydrogen) atoms. The van der Waals surface area contributed by atoms with Gasteiger partial charge in [0.15, 0.2) is 0 Å². The lowest BCUT2D eigenvalue weighted by Crippen LogP contribution is -2.52. The molecule has 0 radical (unpaired) electrons. The van der Waals surface area contributed by atoms with Crippen molar-refractivity contribution < 1.29 is 13.5 Å². The fourth-order valence-corrected chi connectivity index (χ4v) is 1.90. The Kier molecular flexibility index (Phi) is 3.28. The smallest absolute Gasteiger partial charge is 0.208 e. The van der Waals surface area contributed by atoms with Gasteiger partial charge in [-0.2, -0.15) is 0 Å². The van der Waals surface area contributed by atoms with Gasteiger partial charge >= 0.3 is 0 Å². The minimum Gasteiger partial charge on any atom is -0.387 e. The first kappa shape index (κ1) is 10.9. The molecule has 1 rings (SSSR count). The van der Waals surface area contributed by atoms with E-state index >= 15 is 0 Å². The highest BCUT2D eigenvalue weighted by Crippen LogP contribution is 2.14. The van der Waals surface area contributed by atoms with E-state index in [4.69, 9.17) is 0 Å². The van der Waals surface area contributed by atoms with Crippen LogP contribution in [0.5, 0.6) is 0 Å². The zero-order valence-electron chi connectivity index (χ0n) is 7.71. The Hall–Kier alpha value is -0.170. The zero-order valence-corrected chi connectivity index (χ0v) is 8.52. The molecule has 1 atom stereocenters. The molecule has 0 aliphatic carbocycles. The van der Waals surface area contributed by atoms with Crippen LogP contribution in [-0.4, -0.2) is 45.0 Å². The van der Waals surface area contributed by atoms with E-state index in [1.165, 1.54) is 0 Å². The minimum atomic E-state index is -3.20. The lowest BCUT2D eigenvalue weighted by molar-refractivity contribution is 0.0219. The predicted octanol–water partition coefficient (Wildman–Crippen LogP) is -1.35. The molecular weight excluding hydrogens is 192 g/mol. The highest BCUT2D eigenvalue weighted by atomic mass is 32.2. The summed E-state index contributed by atoms with van der Waals surface area (Å²) in [6.07, 6.45) is 2.61. The number of rotatable bonds is 3. The third-order valence-electron chi connectivity index (χ3n) is 2.11. The maximum Gasteiger partial charge on any atom is 0.208 e. The fraction of sp³-hybridized carbons (Fsp3) is 1.00. The molecule has 1 aliphatic heterocycles. The van der Waals surface area contributed by atoms with Crippen molar-refractivity contribution in [3.05, 3.63) is 0 Å². The monoisotopic (exact) mass is 208 g/mol. The van der Waals surface area contributed by atoms with Gasteiger partial charge in [0.05, 0.1) is 11.9 Å². The summed E-state index contributed by atoms with van der Waals surface area (Å²) in [5, 5.41) is 12.9. The summed E-state index contributed by atoms with van der Waals surface area (Å²) in [7, 11) is -3.20. The fourth-order valence-electron chi connectivity index (χ4n) is 1.37. The highest BCUT2D eigenvalue weighted by Gasteiger charge is 2.29. The van der Waals surface area contributed by atoms with Crippen molar-refractivity contribution in [1.82, 2.24) is 10.0 Å².